The molecular formula is C23H26N2O7. The number of methoxy groups -OCH3 is 1. The molecular weight excluding hydrogens is 416 g/mol. The summed E-state index contributed by atoms with van der Waals surface area (Å²) >= 11 is 0. The molecule has 0 fully saturated rings. The Balaban J connectivity index is 1.66. The van der Waals surface area contributed by atoms with Gasteiger partial charge in [0.05, 0.1) is 13.2 Å². The summed E-state index contributed by atoms with van der Waals surface area (Å²) in [5.41, 5.74) is 2.38. The third kappa shape index (κ3) is 4.74. The molecule has 1 aliphatic carbocycles. The van der Waals surface area contributed by atoms with Gasteiger partial charge in [0.25, 0.3) is 0 Å². The minimum absolute atomic E-state index is 0.0602. The van der Waals surface area contributed by atoms with Crippen LogP contribution >= 0.6 is 0 Å². The van der Waals surface area contributed by atoms with Gasteiger partial charge in [-0.25, -0.2) is 9.59 Å². The summed E-state index contributed by atoms with van der Waals surface area (Å²) in [7, 11) is 1.34. The van der Waals surface area contributed by atoms with Gasteiger partial charge in [-0.2, -0.15) is 0 Å². The number of aliphatic hydroxyl groups is 1. The fraction of sp³-hybridized carbons (Fsp3) is 0.348. The molecule has 0 radical (unpaired) electrons. The third-order valence-electron chi connectivity index (χ3n) is 5.47. The summed E-state index contributed by atoms with van der Waals surface area (Å²) in [5.74, 6) is -2.38. The Hall–Kier alpha value is -3.43. The SMILES string of the molecule is COC[C@H](NC(=O)OCC1c2ccccc2-c2ccccc21)C(=O)NC(C)(CO)C(=O)O. The molecule has 0 spiro atoms. The molecule has 1 aliphatic rings. The van der Waals surface area contributed by atoms with Gasteiger partial charge < -0.3 is 30.3 Å². The maximum atomic E-state index is 12.5. The lowest BCUT2D eigenvalue weighted by molar-refractivity contribution is -0.149. The second-order valence-corrected chi connectivity index (χ2v) is 7.76. The van der Waals surface area contributed by atoms with Gasteiger partial charge in [-0.05, 0) is 29.2 Å². The van der Waals surface area contributed by atoms with Gasteiger partial charge in [-0.3, -0.25) is 4.79 Å². The van der Waals surface area contributed by atoms with E-state index in [4.69, 9.17) is 9.47 Å². The van der Waals surface area contributed by atoms with Gasteiger partial charge in [0.1, 0.15) is 12.6 Å². The Labute approximate surface area is 185 Å². The quantitative estimate of drug-likeness (QED) is 0.462. The van der Waals surface area contributed by atoms with E-state index in [0.717, 1.165) is 29.2 Å². The van der Waals surface area contributed by atoms with Gasteiger partial charge in [-0.15, -0.1) is 0 Å². The number of rotatable bonds is 9. The smallest absolute Gasteiger partial charge is 0.407 e. The number of aliphatic carboxylic acids is 1. The Morgan fingerprint density at radius 2 is 1.62 bits per heavy atom. The van der Waals surface area contributed by atoms with Crippen LogP contribution in [0.3, 0.4) is 0 Å². The molecule has 0 aliphatic heterocycles. The van der Waals surface area contributed by atoms with Crippen LogP contribution in [-0.2, 0) is 19.1 Å². The first-order valence-corrected chi connectivity index (χ1v) is 10.1. The van der Waals surface area contributed by atoms with Crippen molar-refractivity contribution in [3.8, 4) is 11.1 Å². The Kier molecular flexibility index (Phi) is 7.12. The van der Waals surface area contributed by atoms with Crippen LogP contribution in [0.1, 0.15) is 24.0 Å². The summed E-state index contributed by atoms with van der Waals surface area (Å²) in [4.78, 5) is 36.3. The highest BCUT2D eigenvalue weighted by Gasteiger charge is 2.37. The third-order valence-corrected chi connectivity index (χ3v) is 5.47. The van der Waals surface area contributed by atoms with E-state index in [2.05, 4.69) is 10.6 Å². The van der Waals surface area contributed by atoms with Crippen LogP contribution in [0.25, 0.3) is 11.1 Å². The predicted molar refractivity (Wildman–Crippen MR) is 115 cm³/mol. The van der Waals surface area contributed by atoms with Crippen LogP contribution in [0.5, 0.6) is 0 Å². The lowest BCUT2D eigenvalue weighted by Gasteiger charge is -2.26. The molecule has 32 heavy (non-hydrogen) atoms. The first-order valence-electron chi connectivity index (χ1n) is 10.1. The summed E-state index contributed by atoms with van der Waals surface area (Å²) < 4.78 is 10.4. The molecule has 0 saturated carbocycles. The van der Waals surface area contributed by atoms with E-state index in [9.17, 15) is 24.6 Å². The minimum Gasteiger partial charge on any atom is -0.479 e. The van der Waals surface area contributed by atoms with E-state index < -0.39 is 36.2 Å². The van der Waals surface area contributed by atoms with Crippen LogP contribution < -0.4 is 10.6 Å². The molecule has 170 valence electrons. The van der Waals surface area contributed by atoms with Crippen molar-refractivity contribution in [3.05, 3.63) is 59.7 Å². The zero-order chi connectivity index (χ0) is 23.3. The fourth-order valence-electron chi connectivity index (χ4n) is 3.65. The normalized spacial score (nSPS) is 15.1. The molecule has 2 atom stereocenters. The minimum atomic E-state index is -1.90. The van der Waals surface area contributed by atoms with E-state index in [1.165, 1.54) is 7.11 Å². The average Bonchev–Trinajstić information content (AvgIpc) is 3.11. The van der Waals surface area contributed by atoms with Crippen molar-refractivity contribution in [2.75, 3.05) is 26.9 Å². The van der Waals surface area contributed by atoms with Crippen molar-refractivity contribution in [1.82, 2.24) is 10.6 Å². The number of hydrogen-bond acceptors (Lipinski definition) is 6. The van der Waals surface area contributed by atoms with E-state index in [0.29, 0.717) is 0 Å². The topological polar surface area (TPSA) is 134 Å². The van der Waals surface area contributed by atoms with Gasteiger partial charge >= 0.3 is 12.1 Å². The van der Waals surface area contributed by atoms with Crippen molar-refractivity contribution in [1.29, 1.82) is 0 Å². The number of benzene rings is 2. The number of carboxylic acid groups (broad SMARTS) is 1. The number of nitrogens with one attached hydrogen (secondary N) is 2. The monoisotopic (exact) mass is 442 g/mol. The van der Waals surface area contributed by atoms with E-state index >= 15 is 0 Å². The number of carbonyl (C=O) groups is 3. The molecule has 1 unspecified atom stereocenters. The molecule has 0 bridgehead atoms. The van der Waals surface area contributed by atoms with Crippen molar-refractivity contribution in [2.24, 2.45) is 0 Å². The Bertz CT molecular complexity index is 964. The van der Waals surface area contributed by atoms with Crippen molar-refractivity contribution in [2.45, 2.75) is 24.4 Å². The lowest BCUT2D eigenvalue weighted by atomic mass is 9.98. The Morgan fingerprint density at radius 3 is 2.12 bits per heavy atom. The van der Waals surface area contributed by atoms with Gasteiger partial charge in [-0.1, -0.05) is 48.5 Å². The van der Waals surface area contributed by atoms with Crippen LogP contribution in [0.15, 0.2) is 48.5 Å². The first kappa shape index (κ1) is 23.2. The highest BCUT2D eigenvalue weighted by Crippen LogP contribution is 2.44. The zero-order valence-corrected chi connectivity index (χ0v) is 17.8. The molecule has 4 N–H and O–H groups in total. The second kappa shape index (κ2) is 9.80. The number of hydrogen-bond donors (Lipinski definition) is 4. The summed E-state index contributed by atoms with van der Waals surface area (Å²) in [6, 6.07) is 14.6. The molecule has 2 aromatic carbocycles. The number of aliphatic hydroxyl groups excluding tert-OH is 1. The molecule has 0 heterocycles. The molecule has 3 rings (SSSR count). The fourth-order valence-corrected chi connectivity index (χ4v) is 3.65. The maximum absolute atomic E-state index is 12.5. The van der Waals surface area contributed by atoms with Crippen molar-refractivity contribution >= 4 is 18.0 Å². The molecule has 2 amide bonds. The van der Waals surface area contributed by atoms with Crippen LogP contribution in [0.4, 0.5) is 4.79 Å². The number of carboxylic acids is 1. The van der Waals surface area contributed by atoms with Gasteiger partial charge in [0.15, 0.2) is 5.54 Å². The highest BCUT2D eigenvalue weighted by molar-refractivity contribution is 5.91. The molecule has 9 heteroatoms. The number of ether oxygens (including phenoxy) is 2. The van der Waals surface area contributed by atoms with Gasteiger partial charge in [0.2, 0.25) is 5.91 Å². The Morgan fingerprint density at radius 1 is 1.06 bits per heavy atom. The summed E-state index contributed by atoms with van der Waals surface area (Å²) in [5, 5.41) is 23.2. The predicted octanol–water partition coefficient (Wildman–Crippen LogP) is 1.49. The van der Waals surface area contributed by atoms with Crippen LogP contribution in [0, 0.1) is 0 Å². The average molecular weight is 442 g/mol. The number of amides is 2. The molecule has 9 nitrogen and oxygen atoms in total. The molecule has 2 aromatic rings. The van der Waals surface area contributed by atoms with Crippen LogP contribution in [-0.4, -0.2) is 66.7 Å². The standard InChI is InChI=1S/C23H26N2O7/c1-23(13-26,21(28)29)25-20(27)19(12-31-2)24-22(30)32-11-18-16-9-5-3-7-14(16)15-8-4-6-10-17(15)18/h3-10,18-19,26H,11-13H2,1-2H3,(H,24,30)(H,25,27)(H,28,29)/t19-,23?/m0/s1. The number of alkyl carbamates (subject to hydrolysis) is 1. The van der Waals surface area contributed by atoms with Gasteiger partial charge in [0, 0.05) is 13.0 Å². The zero-order valence-electron chi connectivity index (χ0n) is 17.8. The molecule has 0 saturated heterocycles. The second-order valence-electron chi connectivity index (χ2n) is 7.76. The van der Waals surface area contributed by atoms with Crippen molar-refractivity contribution in [3.63, 3.8) is 0 Å². The summed E-state index contributed by atoms with van der Waals surface area (Å²) in [6.07, 6.45) is -0.843. The molecule has 0 aromatic heterocycles. The number of fused-ring (bicyclic) bond motifs is 3. The highest BCUT2D eigenvalue weighted by atomic mass is 16.5. The van der Waals surface area contributed by atoms with Crippen molar-refractivity contribution < 1.29 is 34.1 Å². The summed E-state index contributed by atoms with van der Waals surface area (Å²) in [6.45, 7) is 0.185. The first-order chi connectivity index (χ1) is 15.3. The van der Waals surface area contributed by atoms with E-state index in [1.54, 1.807) is 0 Å². The lowest BCUT2D eigenvalue weighted by Crippen LogP contribution is -2.60. The largest absolute Gasteiger partial charge is 0.479 e. The van der Waals surface area contributed by atoms with Crippen LogP contribution in [0.2, 0.25) is 0 Å². The maximum Gasteiger partial charge on any atom is 0.407 e. The van der Waals surface area contributed by atoms with E-state index in [-0.39, 0.29) is 19.1 Å². The number of carbonyl (C=O) groups excluding carboxylic acids is 2. The van der Waals surface area contributed by atoms with E-state index in [1.807, 2.05) is 48.5 Å².